The van der Waals surface area contributed by atoms with E-state index in [0.29, 0.717) is 12.1 Å². The Labute approximate surface area is 141 Å². The topological polar surface area (TPSA) is 88.9 Å². The van der Waals surface area contributed by atoms with Gasteiger partial charge in [0.15, 0.2) is 5.82 Å². The zero-order chi connectivity index (χ0) is 17.7. The van der Waals surface area contributed by atoms with E-state index in [-0.39, 0.29) is 11.8 Å². The van der Waals surface area contributed by atoms with E-state index in [2.05, 4.69) is 20.8 Å². The lowest BCUT2D eigenvalue weighted by Crippen LogP contribution is -2.42. The average Bonchev–Trinajstić information content (AvgIpc) is 2.94. The molecule has 24 heavy (non-hydrogen) atoms. The molecule has 0 bridgehead atoms. The fraction of sp³-hybridized carbons (Fsp3) is 0.412. The average molecular weight is 329 g/mol. The molecule has 0 aliphatic rings. The molecule has 0 fully saturated rings. The van der Waals surface area contributed by atoms with Gasteiger partial charge in [-0.2, -0.15) is 0 Å². The van der Waals surface area contributed by atoms with Gasteiger partial charge in [-0.3, -0.25) is 9.59 Å². The molecule has 2 rings (SSSR count). The van der Waals surface area contributed by atoms with Crippen molar-refractivity contribution in [1.82, 2.24) is 20.1 Å². The van der Waals surface area contributed by atoms with Crippen LogP contribution in [0, 0.1) is 6.92 Å². The number of benzene rings is 1. The number of carbonyl (C=O) groups excluding carboxylic acids is 2. The van der Waals surface area contributed by atoms with Crippen molar-refractivity contribution < 1.29 is 9.59 Å². The van der Waals surface area contributed by atoms with Gasteiger partial charge in [-0.25, -0.2) is 0 Å². The second-order valence-corrected chi connectivity index (χ2v) is 5.77. The maximum absolute atomic E-state index is 12.5. The lowest BCUT2D eigenvalue weighted by molar-refractivity contribution is -0.125. The van der Waals surface area contributed by atoms with E-state index in [4.69, 9.17) is 0 Å². The van der Waals surface area contributed by atoms with Gasteiger partial charge < -0.3 is 15.2 Å². The summed E-state index contributed by atoms with van der Waals surface area (Å²) < 4.78 is 1.82. The molecule has 2 aromatic rings. The second kappa shape index (κ2) is 7.72. The first-order chi connectivity index (χ1) is 11.4. The molecule has 1 unspecified atom stereocenters. The summed E-state index contributed by atoms with van der Waals surface area (Å²) in [6, 6.07) is 5.10. The summed E-state index contributed by atoms with van der Waals surface area (Å²) >= 11 is 0. The van der Waals surface area contributed by atoms with Gasteiger partial charge in [-0.05, 0) is 25.0 Å². The predicted octanol–water partition coefficient (Wildman–Crippen LogP) is 2.03. The number of amides is 2. The molecule has 1 aromatic carbocycles. The Bertz CT molecular complexity index is 738. The third-order valence-corrected chi connectivity index (χ3v) is 3.82. The zero-order valence-corrected chi connectivity index (χ0v) is 14.5. The molecule has 1 atom stereocenters. The van der Waals surface area contributed by atoms with Crippen LogP contribution in [0.15, 0.2) is 24.5 Å². The number of anilines is 1. The smallest absolute Gasteiger partial charge is 0.246 e. The van der Waals surface area contributed by atoms with Crippen LogP contribution >= 0.6 is 0 Å². The van der Waals surface area contributed by atoms with Gasteiger partial charge in [0, 0.05) is 25.2 Å². The quantitative estimate of drug-likeness (QED) is 0.849. The molecule has 7 heteroatoms. The first-order valence-corrected chi connectivity index (χ1v) is 7.96. The van der Waals surface area contributed by atoms with Crippen molar-refractivity contribution in [1.29, 1.82) is 0 Å². The van der Waals surface area contributed by atoms with Gasteiger partial charge in [0.2, 0.25) is 11.8 Å². The Balaban J connectivity index is 2.25. The zero-order valence-electron chi connectivity index (χ0n) is 14.5. The first-order valence-electron chi connectivity index (χ1n) is 7.96. The van der Waals surface area contributed by atoms with Crippen LogP contribution in [0.2, 0.25) is 0 Å². The monoisotopic (exact) mass is 329 g/mol. The van der Waals surface area contributed by atoms with Crippen LogP contribution in [0.4, 0.5) is 5.69 Å². The van der Waals surface area contributed by atoms with Crippen molar-refractivity contribution in [2.45, 2.75) is 39.7 Å². The van der Waals surface area contributed by atoms with E-state index in [9.17, 15) is 9.59 Å². The predicted molar refractivity (Wildman–Crippen MR) is 92.3 cm³/mol. The highest BCUT2D eigenvalue weighted by Crippen LogP contribution is 2.26. The van der Waals surface area contributed by atoms with Crippen LogP contribution in [-0.2, 0) is 16.6 Å². The lowest BCUT2D eigenvalue weighted by Gasteiger charge is -2.18. The number of hydrogen-bond acceptors (Lipinski definition) is 4. The van der Waals surface area contributed by atoms with Crippen LogP contribution in [-0.4, -0.2) is 32.6 Å². The molecule has 1 aromatic heterocycles. The van der Waals surface area contributed by atoms with Crippen molar-refractivity contribution in [2.75, 3.05) is 5.32 Å². The van der Waals surface area contributed by atoms with Gasteiger partial charge >= 0.3 is 0 Å². The fourth-order valence-corrected chi connectivity index (χ4v) is 2.56. The summed E-state index contributed by atoms with van der Waals surface area (Å²) in [7, 11) is 1.87. The highest BCUT2D eigenvalue weighted by molar-refractivity contribution is 5.98. The molecular formula is C17H23N5O2. The van der Waals surface area contributed by atoms with Gasteiger partial charge in [-0.15, -0.1) is 10.2 Å². The van der Waals surface area contributed by atoms with E-state index in [0.717, 1.165) is 23.4 Å². The number of aryl methyl sites for hydroxylation is 1. The van der Waals surface area contributed by atoms with E-state index < -0.39 is 6.04 Å². The summed E-state index contributed by atoms with van der Waals surface area (Å²) in [5, 5.41) is 13.6. The molecule has 0 aliphatic heterocycles. The summed E-state index contributed by atoms with van der Waals surface area (Å²) in [5.74, 6) is 0.300. The number of rotatable bonds is 6. The van der Waals surface area contributed by atoms with E-state index in [1.165, 1.54) is 6.92 Å². The van der Waals surface area contributed by atoms with Gasteiger partial charge in [-0.1, -0.05) is 25.5 Å². The van der Waals surface area contributed by atoms with Crippen molar-refractivity contribution in [3.8, 4) is 11.4 Å². The number of carbonyl (C=O) groups is 2. The molecule has 2 N–H and O–H groups in total. The second-order valence-electron chi connectivity index (χ2n) is 5.77. The number of nitrogens with one attached hydrogen (secondary N) is 2. The highest BCUT2D eigenvalue weighted by atomic mass is 16.2. The Morgan fingerprint density at radius 1 is 1.33 bits per heavy atom. The highest BCUT2D eigenvalue weighted by Gasteiger charge is 2.20. The molecule has 128 valence electrons. The lowest BCUT2D eigenvalue weighted by atomic mass is 10.1. The van der Waals surface area contributed by atoms with Crippen LogP contribution in [0.25, 0.3) is 11.4 Å². The third kappa shape index (κ3) is 3.98. The molecule has 0 radical (unpaired) electrons. The summed E-state index contributed by atoms with van der Waals surface area (Å²) in [5.41, 5.74) is 2.51. The number of nitrogens with zero attached hydrogens (tertiary/aromatic N) is 3. The molecule has 0 spiro atoms. The Kier molecular flexibility index (Phi) is 5.68. The maximum atomic E-state index is 12.5. The summed E-state index contributed by atoms with van der Waals surface area (Å²) in [4.78, 5) is 23.8. The minimum absolute atomic E-state index is 0.215. The van der Waals surface area contributed by atoms with E-state index in [1.807, 2.05) is 43.7 Å². The molecule has 2 amide bonds. The van der Waals surface area contributed by atoms with Crippen molar-refractivity contribution >= 4 is 17.5 Å². The molecule has 1 heterocycles. The van der Waals surface area contributed by atoms with E-state index >= 15 is 0 Å². The first kappa shape index (κ1) is 17.7. The molecule has 0 aliphatic carbocycles. The van der Waals surface area contributed by atoms with Crippen LogP contribution in [0.3, 0.4) is 0 Å². The largest absolute Gasteiger partial charge is 0.345 e. The fourth-order valence-electron chi connectivity index (χ4n) is 2.56. The minimum Gasteiger partial charge on any atom is -0.345 e. The maximum Gasteiger partial charge on any atom is 0.246 e. The molecular weight excluding hydrogens is 306 g/mol. The number of hydrogen-bond donors (Lipinski definition) is 2. The van der Waals surface area contributed by atoms with Crippen molar-refractivity contribution in [2.24, 2.45) is 7.05 Å². The van der Waals surface area contributed by atoms with Crippen LogP contribution in [0.1, 0.15) is 32.3 Å². The molecule has 7 nitrogen and oxygen atoms in total. The SMILES string of the molecule is CCCC(NC(C)=O)C(=O)Nc1cccc(-c2nncn2C)c1C. The van der Waals surface area contributed by atoms with Gasteiger partial charge in [0.05, 0.1) is 0 Å². The third-order valence-electron chi connectivity index (χ3n) is 3.82. The summed E-state index contributed by atoms with van der Waals surface area (Å²) in [6.07, 6.45) is 3.03. The standard InChI is InChI=1S/C17H23N5O2/c1-5-7-15(19-12(3)23)17(24)20-14-9-6-8-13(11(14)2)16-21-18-10-22(16)4/h6,8-10,15H,5,7H2,1-4H3,(H,19,23)(H,20,24). The number of aromatic nitrogens is 3. The van der Waals surface area contributed by atoms with Crippen LogP contribution < -0.4 is 10.6 Å². The van der Waals surface area contributed by atoms with Gasteiger partial charge in [0.1, 0.15) is 12.4 Å². The normalized spacial score (nSPS) is 11.8. The Morgan fingerprint density at radius 3 is 2.67 bits per heavy atom. The van der Waals surface area contributed by atoms with Crippen LogP contribution in [0.5, 0.6) is 0 Å². The molecule has 0 saturated carbocycles. The molecule has 0 saturated heterocycles. The van der Waals surface area contributed by atoms with E-state index in [1.54, 1.807) is 6.33 Å². The summed E-state index contributed by atoms with van der Waals surface area (Å²) in [6.45, 7) is 5.31. The van der Waals surface area contributed by atoms with Crippen molar-refractivity contribution in [3.05, 3.63) is 30.1 Å². The minimum atomic E-state index is -0.537. The van der Waals surface area contributed by atoms with Crippen molar-refractivity contribution in [3.63, 3.8) is 0 Å². The Hall–Kier alpha value is -2.70. The van der Waals surface area contributed by atoms with Gasteiger partial charge in [0.25, 0.3) is 0 Å². The Morgan fingerprint density at radius 2 is 2.08 bits per heavy atom.